The number of fused-ring (bicyclic) bond motifs is 3. The van der Waals surface area contributed by atoms with E-state index in [9.17, 15) is 0 Å². The van der Waals surface area contributed by atoms with Gasteiger partial charge >= 0.3 is 0 Å². The minimum atomic E-state index is 0.110. The van der Waals surface area contributed by atoms with Crippen LogP contribution in [0.15, 0.2) is 115 Å². The van der Waals surface area contributed by atoms with Crippen molar-refractivity contribution in [3.8, 4) is 33.6 Å². The second-order valence-electron chi connectivity index (χ2n) is 7.85. The van der Waals surface area contributed by atoms with E-state index in [2.05, 4.69) is 89.9 Å². The summed E-state index contributed by atoms with van der Waals surface area (Å²) in [7, 11) is 0. The Morgan fingerprint density at radius 1 is 0.516 bits per heavy atom. The zero-order valence-corrected chi connectivity index (χ0v) is 16.9. The number of hydrogen-bond acceptors (Lipinski definition) is 2. The zero-order valence-electron chi connectivity index (χ0n) is 16.9. The lowest BCUT2D eigenvalue weighted by Crippen LogP contribution is -2.03. The van der Waals surface area contributed by atoms with Crippen LogP contribution in [-0.2, 0) is 0 Å². The molecule has 1 unspecified atom stereocenters. The Hall–Kier alpha value is -4.04. The van der Waals surface area contributed by atoms with Crippen LogP contribution in [0.5, 0.6) is 0 Å². The van der Waals surface area contributed by atoms with E-state index >= 15 is 0 Å². The second-order valence-corrected chi connectivity index (χ2v) is 7.85. The standard InChI is InChI=1S/C29H20N2/c1-2-9-20(10-3-1)21-16-17-23-22-11-4-5-12-24(22)29(25(23)19-21)28-15-8-14-27(31-28)26-13-6-7-18-30-26/h1-19,29H. The van der Waals surface area contributed by atoms with Crippen LogP contribution in [-0.4, -0.2) is 9.97 Å². The van der Waals surface area contributed by atoms with Crippen molar-refractivity contribution in [1.82, 2.24) is 9.97 Å². The number of nitrogens with zero attached hydrogens (tertiary/aromatic N) is 2. The van der Waals surface area contributed by atoms with E-state index in [1.165, 1.54) is 33.4 Å². The average Bonchev–Trinajstić information content (AvgIpc) is 3.19. The molecule has 0 amide bonds. The van der Waals surface area contributed by atoms with E-state index in [0.717, 1.165) is 17.1 Å². The van der Waals surface area contributed by atoms with Gasteiger partial charge in [0.25, 0.3) is 0 Å². The van der Waals surface area contributed by atoms with Gasteiger partial charge in [-0.2, -0.15) is 0 Å². The molecule has 0 fully saturated rings. The summed E-state index contributed by atoms with van der Waals surface area (Å²) < 4.78 is 0. The van der Waals surface area contributed by atoms with Gasteiger partial charge in [0.15, 0.2) is 0 Å². The highest BCUT2D eigenvalue weighted by molar-refractivity contribution is 5.83. The first kappa shape index (κ1) is 17.8. The molecule has 146 valence electrons. The predicted molar refractivity (Wildman–Crippen MR) is 126 cm³/mol. The van der Waals surface area contributed by atoms with Crippen molar-refractivity contribution >= 4 is 0 Å². The highest BCUT2D eigenvalue weighted by atomic mass is 14.8. The number of aromatic nitrogens is 2. The summed E-state index contributed by atoms with van der Waals surface area (Å²) >= 11 is 0. The number of benzene rings is 3. The van der Waals surface area contributed by atoms with Crippen molar-refractivity contribution in [3.63, 3.8) is 0 Å². The third-order valence-corrected chi connectivity index (χ3v) is 6.03. The number of rotatable bonds is 3. The molecular formula is C29H20N2. The number of hydrogen-bond donors (Lipinski definition) is 0. The summed E-state index contributed by atoms with van der Waals surface area (Å²) in [5, 5.41) is 0. The molecule has 0 saturated heterocycles. The normalized spacial score (nSPS) is 14.1. The average molecular weight is 396 g/mol. The van der Waals surface area contributed by atoms with E-state index in [1.54, 1.807) is 0 Å². The minimum absolute atomic E-state index is 0.110. The van der Waals surface area contributed by atoms with Crippen LogP contribution in [0, 0.1) is 0 Å². The quantitative estimate of drug-likeness (QED) is 0.323. The van der Waals surface area contributed by atoms with E-state index in [1.807, 2.05) is 30.5 Å². The summed E-state index contributed by atoms with van der Waals surface area (Å²) in [6.07, 6.45) is 1.82. The van der Waals surface area contributed by atoms with Gasteiger partial charge in [-0.25, -0.2) is 0 Å². The van der Waals surface area contributed by atoms with Crippen molar-refractivity contribution in [2.24, 2.45) is 0 Å². The molecule has 0 bridgehead atoms. The topological polar surface area (TPSA) is 25.8 Å². The molecule has 0 spiro atoms. The molecule has 2 aromatic heterocycles. The molecule has 0 N–H and O–H groups in total. The summed E-state index contributed by atoms with van der Waals surface area (Å²) in [4.78, 5) is 9.56. The molecule has 0 radical (unpaired) electrons. The van der Waals surface area contributed by atoms with E-state index in [-0.39, 0.29) is 5.92 Å². The number of pyridine rings is 2. The molecule has 1 aliphatic rings. The van der Waals surface area contributed by atoms with Crippen LogP contribution in [0.4, 0.5) is 0 Å². The maximum Gasteiger partial charge on any atom is 0.0889 e. The smallest absolute Gasteiger partial charge is 0.0889 e. The lowest BCUT2D eigenvalue weighted by molar-refractivity contribution is 0.947. The summed E-state index contributed by atoms with van der Waals surface area (Å²) in [6.45, 7) is 0. The molecule has 2 heteroatoms. The van der Waals surface area contributed by atoms with Gasteiger partial charge in [-0.05, 0) is 63.7 Å². The van der Waals surface area contributed by atoms with Gasteiger partial charge in [0, 0.05) is 6.20 Å². The third kappa shape index (κ3) is 3.04. The first-order valence-electron chi connectivity index (χ1n) is 10.6. The van der Waals surface area contributed by atoms with Gasteiger partial charge in [0.2, 0.25) is 0 Å². The molecule has 1 atom stereocenters. The van der Waals surface area contributed by atoms with Crippen molar-refractivity contribution < 1.29 is 0 Å². The molecule has 3 aromatic carbocycles. The summed E-state index contributed by atoms with van der Waals surface area (Å²) in [6, 6.07) is 38.3. The Kier molecular flexibility index (Phi) is 4.21. The van der Waals surface area contributed by atoms with Gasteiger partial charge in [-0.3, -0.25) is 9.97 Å². The van der Waals surface area contributed by atoms with Gasteiger partial charge in [0.1, 0.15) is 0 Å². The van der Waals surface area contributed by atoms with Crippen LogP contribution < -0.4 is 0 Å². The molecule has 5 aromatic rings. The Morgan fingerprint density at radius 2 is 1.29 bits per heavy atom. The molecule has 0 aliphatic heterocycles. The Labute approximate surface area is 181 Å². The zero-order chi connectivity index (χ0) is 20.6. The first-order chi connectivity index (χ1) is 15.4. The largest absolute Gasteiger partial charge is 0.255 e. The fraction of sp³-hybridized carbons (Fsp3) is 0.0345. The second kappa shape index (κ2) is 7.33. The monoisotopic (exact) mass is 396 g/mol. The van der Waals surface area contributed by atoms with Crippen LogP contribution in [0.3, 0.4) is 0 Å². The van der Waals surface area contributed by atoms with Crippen molar-refractivity contribution in [1.29, 1.82) is 0 Å². The highest BCUT2D eigenvalue weighted by Gasteiger charge is 2.31. The predicted octanol–water partition coefficient (Wildman–Crippen LogP) is 6.97. The van der Waals surface area contributed by atoms with Crippen LogP contribution in [0.25, 0.3) is 33.6 Å². The maximum atomic E-state index is 5.06. The molecule has 31 heavy (non-hydrogen) atoms. The van der Waals surface area contributed by atoms with Crippen LogP contribution in [0.2, 0.25) is 0 Å². The first-order valence-corrected chi connectivity index (χ1v) is 10.6. The fourth-order valence-corrected chi connectivity index (χ4v) is 4.61. The molecule has 2 heterocycles. The Morgan fingerprint density at radius 3 is 2.16 bits per heavy atom. The SMILES string of the molecule is c1ccc(-c2ccc3c(c2)C(c2cccc(-c4ccccn4)n2)c2ccccc2-3)cc1. The van der Waals surface area contributed by atoms with Gasteiger partial charge in [0.05, 0.1) is 23.0 Å². The highest BCUT2D eigenvalue weighted by Crippen LogP contribution is 2.48. The Bertz CT molecular complexity index is 1370. The maximum absolute atomic E-state index is 5.06. The Balaban J connectivity index is 1.53. The van der Waals surface area contributed by atoms with Crippen LogP contribution >= 0.6 is 0 Å². The molecule has 1 aliphatic carbocycles. The van der Waals surface area contributed by atoms with Crippen LogP contribution in [0.1, 0.15) is 22.7 Å². The van der Waals surface area contributed by atoms with Crippen molar-refractivity contribution in [2.75, 3.05) is 0 Å². The van der Waals surface area contributed by atoms with E-state index < -0.39 is 0 Å². The lowest BCUT2D eigenvalue weighted by atomic mass is 9.91. The third-order valence-electron chi connectivity index (χ3n) is 6.03. The summed E-state index contributed by atoms with van der Waals surface area (Å²) in [5.41, 5.74) is 10.5. The van der Waals surface area contributed by atoms with Gasteiger partial charge in [-0.1, -0.05) is 78.9 Å². The molecular weight excluding hydrogens is 376 g/mol. The molecule has 0 saturated carbocycles. The lowest BCUT2D eigenvalue weighted by Gasteiger charge is -2.15. The molecule has 2 nitrogen and oxygen atoms in total. The van der Waals surface area contributed by atoms with Crippen molar-refractivity contribution in [3.05, 3.63) is 132 Å². The van der Waals surface area contributed by atoms with E-state index in [0.29, 0.717) is 0 Å². The van der Waals surface area contributed by atoms with Gasteiger partial charge in [-0.15, -0.1) is 0 Å². The van der Waals surface area contributed by atoms with Gasteiger partial charge < -0.3 is 0 Å². The molecule has 6 rings (SSSR count). The minimum Gasteiger partial charge on any atom is -0.255 e. The summed E-state index contributed by atoms with van der Waals surface area (Å²) in [5.74, 6) is 0.110. The van der Waals surface area contributed by atoms with Crippen molar-refractivity contribution in [2.45, 2.75) is 5.92 Å². The fourth-order valence-electron chi connectivity index (χ4n) is 4.61. The van der Waals surface area contributed by atoms with E-state index in [4.69, 9.17) is 4.98 Å².